The monoisotopic (exact) mass is 450 g/mol. The molecular formula is C25H30N4O4. The lowest BCUT2D eigenvalue weighted by atomic mass is 10.1. The summed E-state index contributed by atoms with van der Waals surface area (Å²) in [5, 5.41) is 12.2. The van der Waals surface area contributed by atoms with E-state index >= 15 is 0 Å². The number of nitrogens with zero attached hydrogens (tertiary/aromatic N) is 3. The second-order valence-electron chi connectivity index (χ2n) is 8.44. The largest absolute Gasteiger partial charge is 0.494 e. The Balaban J connectivity index is 1.18. The van der Waals surface area contributed by atoms with Gasteiger partial charge in [-0.3, -0.25) is 14.9 Å². The van der Waals surface area contributed by atoms with E-state index in [0.717, 1.165) is 41.8 Å². The van der Waals surface area contributed by atoms with E-state index in [1.54, 1.807) is 9.80 Å². The highest BCUT2D eigenvalue weighted by Crippen LogP contribution is 2.32. The summed E-state index contributed by atoms with van der Waals surface area (Å²) in [7, 11) is 1.85. The second-order valence-corrected chi connectivity index (χ2v) is 8.44. The van der Waals surface area contributed by atoms with Gasteiger partial charge in [0.2, 0.25) is 11.9 Å². The van der Waals surface area contributed by atoms with Gasteiger partial charge in [0.1, 0.15) is 11.8 Å². The third kappa shape index (κ3) is 5.51. The van der Waals surface area contributed by atoms with Crippen LogP contribution in [0.3, 0.4) is 0 Å². The van der Waals surface area contributed by atoms with Crippen LogP contribution in [0.25, 0.3) is 0 Å². The van der Waals surface area contributed by atoms with E-state index in [-0.39, 0.29) is 18.4 Å². The predicted molar refractivity (Wildman–Crippen MR) is 125 cm³/mol. The summed E-state index contributed by atoms with van der Waals surface area (Å²) in [4.78, 5) is 32.3. The molecule has 33 heavy (non-hydrogen) atoms. The molecule has 1 saturated heterocycles. The molecule has 2 aromatic carbocycles. The summed E-state index contributed by atoms with van der Waals surface area (Å²) in [5.41, 5.74) is 2.89. The minimum absolute atomic E-state index is 0.157. The molecule has 0 bridgehead atoms. The van der Waals surface area contributed by atoms with Crippen molar-refractivity contribution in [1.82, 2.24) is 15.1 Å². The number of ether oxygens (including phenoxy) is 1. The number of hydrogen-bond acceptors (Lipinski definition) is 6. The smallest absolute Gasteiger partial charge is 0.251 e. The lowest BCUT2D eigenvalue weighted by Gasteiger charge is -2.27. The number of unbranched alkanes of at least 4 members (excludes halogenated alkanes) is 2. The van der Waals surface area contributed by atoms with Gasteiger partial charge in [0.05, 0.1) is 18.9 Å². The van der Waals surface area contributed by atoms with Gasteiger partial charge in [-0.15, -0.1) is 0 Å². The quantitative estimate of drug-likeness (QED) is 0.543. The maximum absolute atomic E-state index is 12.3. The van der Waals surface area contributed by atoms with Crippen LogP contribution < -0.4 is 10.1 Å². The number of rotatable bonds is 10. The Hall–Kier alpha value is -3.39. The number of carbonyl (C=O) groups excluding carboxylic acids is 2. The first-order valence-corrected chi connectivity index (χ1v) is 11.4. The number of benzene rings is 2. The molecule has 0 radical (unpaired) electrons. The van der Waals surface area contributed by atoms with Crippen molar-refractivity contribution in [2.75, 3.05) is 20.3 Å². The van der Waals surface area contributed by atoms with Gasteiger partial charge < -0.3 is 19.6 Å². The molecule has 2 aliphatic rings. The molecule has 174 valence electrons. The highest BCUT2D eigenvalue weighted by molar-refractivity contribution is 6.07. The van der Waals surface area contributed by atoms with Crippen LogP contribution >= 0.6 is 0 Å². The summed E-state index contributed by atoms with van der Waals surface area (Å²) in [5.74, 6) is 1.13. The number of carbonyl (C=O) groups is 2. The molecule has 0 spiro atoms. The first-order chi connectivity index (χ1) is 16.0. The highest BCUT2D eigenvalue weighted by atomic mass is 16.5. The second kappa shape index (κ2) is 10.5. The van der Waals surface area contributed by atoms with Gasteiger partial charge in [-0.25, -0.2) is 4.99 Å². The van der Waals surface area contributed by atoms with Gasteiger partial charge in [0.25, 0.3) is 5.91 Å². The standard InChI is InChI=1S/C25H30N4O4/c1-28(15-18-8-4-2-5-9-18)23(31)10-6-3-7-13-33-20-12-11-19-16-29-22(17-30)24(32)27-25(29)26-21(19)14-20/h2,4-5,8-9,11-12,14,22,30H,3,6-7,10,13,15-17H2,1H3,(H,26,27,32). The number of hydrogen-bond donors (Lipinski definition) is 2. The van der Waals surface area contributed by atoms with Crippen LogP contribution in [0.5, 0.6) is 5.75 Å². The van der Waals surface area contributed by atoms with Gasteiger partial charge >= 0.3 is 0 Å². The minimum atomic E-state index is -0.585. The average molecular weight is 451 g/mol. The molecule has 2 amide bonds. The van der Waals surface area contributed by atoms with Gasteiger partial charge in [-0.05, 0) is 36.5 Å². The van der Waals surface area contributed by atoms with Crippen LogP contribution in [0.15, 0.2) is 53.5 Å². The molecule has 0 aliphatic carbocycles. The number of nitrogens with one attached hydrogen (secondary N) is 1. The SMILES string of the molecule is CN(Cc1ccccc1)C(=O)CCCCCOc1ccc2c(c1)N=C1NC(=O)C(CO)N1C2. The van der Waals surface area contributed by atoms with E-state index < -0.39 is 6.04 Å². The number of fused-ring (bicyclic) bond motifs is 2. The fourth-order valence-electron chi connectivity index (χ4n) is 4.06. The molecule has 8 heteroatoms. The van der Waals surface area contributed by atoms with Crippen molar-refractivity contribution in [2.45, 2.75) is 44.8 Å². The van der Waals surface area contributed by atoms with Crippen molar-refractivity contribution in [2.24, 2.45) is 4.99 Å². The van der Waals surface area contributed by atoms with Gasteiger partial charge in [0, 0.05) is 32.6 Å². The third-order valence-corrected chi connectivity index (χ3v) is 5.97. The lowest BCUT2D eigenvalue weighted by molar-refractivity contribution is -0.130. The number of aliphatic hydroxyl groups is 1. The fourth-order valence-corrected chi connectivity index (χ4v) is 4.06. The van der Waals surface area contributed by atoms with Crippen LogP contribution in [-0.4, -0.2) is 59.0 Å². The first-order valence-electron chi connectivity index (χ1n) is 11.4. The van der Waals surface area contributed by atoms with E-state index in [1.807, 2.05) is 55.6 Å². The first kappa shape index (κ1) is 22.8. The van der Waals surface area contributed by atoms with Crippen LogP contribution in [0.2, 0.25) is 0 Å². The minimum Gasteiger partial charge on any atom is -0.494 e. The molecule has 4 rings (SSSR count). The molecule has 2 aliphatic heterocycles. The summed E-state index contributed by atoms with van der Waals surface area (Å²) in [6.07, 6.45) is 3.16. The van der Waals surface area contributed by atoms with E-state index in [9.17, 15) is 14.7 Å². The van der Waals surface area contributed by atoms with Crippen molar-refractivity contribution >= 4 is 23.5 Å². The molecule has 2 aromatic rings. The Kier molecular flexibility index (Phi) is 7.24. The topological polar surface area (TPSA) is 94.5 Å². The zero-order valence-electron chi connectivity index (χ0n) is 18.9. The van der Waals surface area contributed by atoms with E-state index in [0.29, 0.717) is 32.1 Å². The Morgan fingerprint density at radius 3 is 2.82 bits per heavy atom. The summed E-state index contributed by atoms with van der Waals surface area (Å²) in [6.45, 7) is 1.48. The van der Waals surface area contributed by atoms with Crippen LogP contribution in [-0.2, 0) is 22.7 Å². The molecule has 0 saturated carbocycles. The predicted octanol–water partition coefficient (Wildman–Crippen LogP) is 2.58. The zero-order valence-corrected chi connectivity index (χ0v) is 18.9. The fraction of sp³-hybridized carbons (Fsp3) is 0.400. The molecule has 2 heterocycles. The Morgan fingerprint density at radius 2 is 2.03 bits per heavy atom. The van der Waals surface area contributed by atoms with Crippen molar-refractivity contribution in [3.8, 4) is 5.75 Å². The van der Waals surface area contributed by atoms with E-state index in [2.05, 4.69) is 10.3 Å². The van der Waals surface area contributed by atoms with Crippen molar-refractivity contribution in [3.63, 3.8) is 0 Å². The maximum atomic E-state index is 12.3. The van der Waals surface area contributed by atoms with Crippen LogP contribution in [0.1, 0.15) is 36.8 Å². The van der Waals surface area contributed by atoms with E-state index in [4.69, 9.17) is 4.74 Å². The molecule has 0 aromatic heterocycles. The van der Waals surface area contributed by atoms with Gasteiger partial charge in [0.15, 0.2) is 0 Å². The lowest BCUT2D eigenvalue weighted by Crippen LogP contribution is -2.39. The molecule has 2 N–H and O–H groups in total. The Morgan fingerprint density at radius 1 is 1.21 bits per heavy atom. The number of guanidine groups is 1. The van der Waals surface area contributed by atoms with E-state index in [1.165, 1.54) is 0 Å². The van der Waals surface area contributed by atoms with Gasteiger partial charge in [-0.1, -0.05) is 36.4 Å². The highest BCUT2D eigenvalue weighted by Gasteiger charge is 2.38. The summed E-state index contributed by atoms with van der Waals surface area (Å²) < 4.78 is 5.87. The maximum Gasteiger partial charge on any atom is 0.251 e. The van der Waals surface area contributed by atoms with Gasteiger partial charge in [-0.2, -0.15) is 0 Å². The molecule has 1 unspecified atom stereocenters. The summed E-state index contributed by atoms with van der Waals surface area (Å²) in [6, 6.07) is 15.1. The summed E-state index contributed by atoms with van der Waals surface area (Å²) >= 11 is 0. The molecule has 8 nitrogen and oxygen atoms in total. The van der Waals surface area contributed by atoms with Crippen molar-refractivity contribution in [3.05, 3.63) is 59.7 Å². The average Bonchev–Trinajstić information content (AvgIpc) is 3.13. The Bertz CT molecular complexity index is 1020. The zero-order chi connectivity index (χ0) is 23.2. The third-order valence-electron chi connectivity index (χ3n) is 5.97. The van der Waals surface area contributed by atoms with Crippen LogP contribution in [0.4, 0.5) is 5.69 Å². The molecule has 1 atom stereocenters. The van der Waals surface area contributed by atoms with Crippen molar-refractivity contribution < 1.29 is 19.4 Å². The molecular weight excluding hydrogens is 420 g/mol. The Labute approximate surface area is 193 Å². The molecule has 1 fully saturated rings. The van der Waals surface area contributed by atoms with Crippen LogP contribution in [0, 0.1) is 0 Å². The normalized spacial score (nSPS) is 16.5. The van der Waals surface area contributed by atoms with Crippen molar-refractivity contribution in [1.29, 1.82) is 0 Å². The number of aliphatic hydroxyl groups excluding tert-OH is 1. The number of aliphatic imine (C=N–C) groups is 1. The number of amides is 2.